The van der Waals surface area contributed by atoms with Crippen molar-refractivity contribution in [2.45, 2.75) is 39.0 Å². The van der Waals surface area contributed by atoms with E-state index in [0.29, 0.717) is 23.9 Å². The molecule has 1 aliphatic carbocycles. The van der Waals surface area contributed by atoms with E-state index in [9.17, 15) is 4.79 Å². The van der Waals surface area contributed by atoms with Crippen LogP contribution in [0.25, 0.3) is 0 Å². The Balaban J connectivity index is 2.42. The van der Waals surface area contributed by atoms with Crippen LogP contribution in [0.15, 0.2) is 0 Å². The fourth-order valence-corrected chi connectivity index (χ4v) is 2.19. The highest BCUT2D eigenvalue weighted by Gasteiger charge is 2.26. The van der Waals surface area contributed by atoms with Gasteiger partial charge in [-0.25, -0.2) is 0 Å². The van der Waals surface area contributed by atoms with Gasteiger partial charge in [0.1, 0.15) is 0 Å². The third-order valence-electron chi connectivity index (χ3n) is 3.03. The van der Waals surface area contributed by atoms with E-state index in [-0.39, 0.29) is 5.92 Å². The lowest BCUT2D eigenvalue weighted by Gasteiger charge is -2.23. The van der Waals surface area contributed by atoms with Crippen molar-refractivity contribution in [3.8, 4) is 0 Å². The molecule has 0 saturated heterocycles. The van der Waals surface area contributed by atoms with Crippen LogP contribution in [0.3, 0.4) is 0 Å². The molecule has 0 radical (unpaired) electrons. The summed E-state index contributed by atoms with van der Waals surface area (Å²) in [7, 11) is 0. The van der Waals surface area contributed by atoms with E-state index >= 15 is 0 Å². The van der Waals surface area contributed by atoms with Crippen molar-refractivity contribution in [1.29, 1.82) is 0 Å². The first-order valence-electron chi connectivity index (χ1n) is 5.72. The molecule has 1 fully saturated rings. The number of thiocarbonyl (C=S) groups is 1. The Morgan fingerprint density at radius 3 is 2.53 bits per heavy atom. The molecule has 3 nitrogen and oxygen atoms in total. The van der Waals surface area contributed by atoms with E-state index in [1.807, 2.05) is 11.8 Å². The van der Waals surface area contributed by atoms with Gasteiger partial charge in [-0.2, -0.15) is 0 Å². The Kier molecular flexibility index (Phi) is 5.02. The van der Waals surface area contributed by atoms with E-state index < -0.39 is 0 Å². The number of nitrogens with zero attached hydrogens (tertiary/aromatic N) is 1. The fourth-order valence-electron chi connectivity index (χ4n) is 2.10. The van der Waals surface area contributed by atoms with Gasteiger partial charge in [0.25, 0.3) is 0 Å². The zero-order valence-corrected chi connectivity index (χ0v) is 10.2. The molecule has 0 aromatic heterocycles. The van der Waals surface area contributed by atoms with E-state index in [0.717, 1.165) is 19.4 Å². The maximum Gasteiger partial charge on any atom is 0.225 e. The monoisotopic (exact) mass is 228 g/mol. The molecule has 0 heterocycles. The molecular formula is C11H20N2OS. The summed E-state index contributed by atoms with van der Waals surface area (Å²) in [4.78, 5) is 14.4. The SMILES string of the molecule is CCN(CCC(N)=S)C(=O)C1CCCC1. The second-order valence-electron chi connectivity index (χ2n) is 4.12. The molecule has 0 unspecified atom stereocenters. The molecule has 0 aliphatic heterocycles. The minimum Gasteiger partial charge on any atom is -0.393 e. The molecule has 1 aliphatic rings. The van der Waals surface area contributed by atoms with Gasteiger partial charge in [0, 0.05) is 25.4 Å². The molecule has 15 heavy (non-hydrogen) atoms. The Morgan fingerprint density at radius 2 is 2.07 bits per heavy atom. The quantitative estimate of drug-likeness (QED) is 0.729. The Labute approximate surface area is 97.0 Å². The largest absolute Gasteiger partial charge is 0.393 e. The van der Waals surface area contributed by atoms with Crippen LogP contribution in [-0.4, -0.2) is 28.9 Å². The molecule has 1 amide bonds. The maximum atomic E-state index is 12.0. The molecule has 2 N–H and O–H groups in total. The highest BCUT2D eigenvalue weighted by molar-refractivity contribution is 7.80. The molecule has 0 spiro atoms. The molecule has 0 aromatic carbocycles. The predicted octanol–water partition coefficient (Wildman–Crippen LogP) is 1.70. The highest BCUT2D eigenvalue weighted by atomic mass is 32.1. The predicted molar refractivity (Wildman–Crippen MR) is 65.6 cm³/mol. The second-order valence-corrected chi connectivity index (χ2v) is 4.64. The Morgan fingerprint density at radius 1 is 1.47 bits per heavy atom. The second kappa shape index (κ2) is 6.05. The fraction of sp³-hybridized carbons (Fsp3) is 0.818. The van der Waals surface area contributed by atoms with Gasteiger partial charge in [0.05, 0.1) is 4.99 Å². The summed E-state index contributed by atoms with van der Waals surface area (Å²) in [5.41, 5.74) is 5.44. The van der Waals surface area contributed by atoms with Gasteiger partial charge < -0.3 is 10.6 Å². The first kappa shape index (κ1) is 12.4. The van der Waals surface area contributed by atoms with Crippen molar-refractivity contribution < 1.29 is 4.79 Å². The van der Waals surface area contributed by atoms with Gasteiger partial charge in [0.2, 0.25) is 5.91 Å². The summed E-state index contributed by atoms with van der Waals surface area (Å²) in [6.07, 6.45) is 5.15. The minimum atomic E-state index is 0.260. The summed E-state index contributed by atoms with van der Waals surface area (Å²) in [6, 6.07) is 0. The van der Waals surface area contributed by atoms with Crippen LogP contribution < -0.4 is 5.73 Å². The summed E-state index contributed by atoms with van der Waals surface area (Å²) in [5, 5.41) is 0. The van der Waals surface area contributed by atoms with E-state index in [1.54, 1.807) is 0 Å². The van der Waals surface area contributed by atoms with E-state index in [2.05, 4.69) is 0 Å². The van der Waals surface area contributed by atoms with Crippen LogP contribution >= 0.6 is 12.2 Å². The van der Waals surface area contributed by atoms with Crippen LogP contribution in [0.4, 0.5) is 0 Å². The average molecular weight is 228 g/mol. The molecule has 1 saturated carbocycles. The molecule has 0 aromatic rings. The van der Waals surface area contributed by atoms with E-state index in [1.165, 1.54) is 12.8 Å². The zero-order chi connectivity index (χ0) is 11.3. The van der Waals surface area contributed by atoms with Crippen molar-refractivity contribution in [3.63, 3.8) is 0 Å². The molecule has 0 bridgehead atoms. The third-order valence-corrected chi connectivity index (χ3v) is 3.23. The van der Waals surface area contributed by atoms with Gasteiger partial charge in [-0.15, -0.1) is 0 Å². The molecule has 0 atom stereocenters. The van der Waals surface area contributed by atoms with Crippen molar-refractivity contribution in [1.82, 2.24) is 4.90 Å². The van der Waals surface area contributed by atoms with Crippen LogP contribution in [0.5, 0.6) is 0 Å². The Hall–Kier alpha value is -0.640. The van der Waals surface area contributed by atoms with Crippen molar-refractivity contribution in [3.05, 3.63) is 0 Å². The van der Waals surface area contributed by atoms with Crippen LogP contribution in [0, 0.1) is 5.92 Å². The summed E-state index contributed by atoms with van der Waals surface area (Å²) in [5.74, 6) is 0.558. The Bertz CT molecular complexity index is 237. The number of carbonyl (C=O) groups is 1. The first-order chi connectivity index (χ1) is 7.15. The van der Waals surface area contributed by atoms with Gasteiger partial charge in [-0.1, -0.05) is 25.1 Å². The van der Waals surface area contributed by atoms with Gasteiger partial charge in [-0.3, -0.25) is 4.79 Å². The van der Waals surface area contributed by atoms with Crippen molar-refractivity contribution in [2.75, 3.05) is 13.1 Å². The number of rotatable bonds is 5. The van der Waals surface area contributed by atoms with E-state index in [4.69, 9.17) is 18.0 Å². The normalized spacial score (nSPS) is 16.6. The average Bonchev–Trinajstić information content (AvgIpc) is 2.70. The topological polar surface area (TPSA) is 46.3 Å². The number of hydrogen-bond acceptors (Lipinski definition) is 2. The summed E-state index contributed by atoms with van der Waals surface area (Å²) < 4.78 is 0. The van der Waals surface area contributed by atoms with Gasteiger partial charge in [0.15, 0.2) is 0 Å². The number of nitrogens with two attached hydrogens (primary N) is 1. The molecule has 86 valence electrons. The highest BCUT2D eigenvalue weighted by Crippen LogP contribution is 2.26. The van der Waals surface area contributed by atoms with Gasteiger partial charge in [-0.05, 0) is 19.8 Å². The number of amides is 1. The van der Waals surface area contributed by atoms with Crippen molar-refractivity contribution >= 4 is 23.1 Å². The van der Waals surface area contributed by atoms with Crippen LogP contribution in [0.2, 0.25) is 0 Å². The molecule has 4 heteroatoms. The molecular weight excluding hydrogens is 208 g/mol. The minimum absolute atomic E-state index is 0.260. The van der Waals surface area contributed by atoms with Crippen molar-refractivity contribution in [2.24, 2.45) is 11.7 Å². The summed E-state index contributed by atoms with van der Waals surface area (Å²) >= 11 is 4.82. The smallest absolute Gasteiger partial charge is 0.225 e. The van der Waals surface area contributed by atoms with Crippen LogP contribution in [-0.2, 0) is 4.79 Å². The lowest BCUT2D eigenvalue weighted by atomic mass is 10.1. The summed E-state index contributed by atoms with van der Waals surface area (Å²) in [6.45, 7) is 3.45. The number of hydrogen-bond donors (Lipinski definition) is 1. The lowest BCUT2D eigenvalue weighted by molar-refractivity contribution is -0.135. The number of carbonyl (C=O) groups excluding carboxylic acids is 1. The lowest BCUT2D eigenvalue weighted by Crippen LogP contribution is -2.37. The zero-order valence-electron chi connectivity index (χ0n) is 9.37. The standard InChI is InChI=1S/C11H20N2OS/c1-2-13(8-7-10(12)15)11(14)9-5-3-4-6-9/h9H,2-8H2,1H3,(H2,12,15). The first-order valence-corrected chi connectivity index (χ1v) is 6.13. The maximum absolute atomic E-state index is 12.0. The van der Waals surface area contributed by atoms with Gasteiger partial charge >= 0.3 is 0 Å². The molecule has 1 rings (SSSR count). The third kappa shape index (κ3) is 3.78. The van der Waals surface area contributed by atoms with Crippen LogP contribution in [0.1, 0.15) is 39.0 Å².